The lowest BCUT2D eigenvalue weighted by Crippen LogP contribution is -2.35. The average Bonchev–Trinajstić information content (AvgIpc) is 3.33. The molecule has 1 aliphatic rings. The van der Waals surface area contributed by atoms with Gasteiger partial charge in [-0.2, -0.15) is 0 Å². The standard InChI is InChI=1S/C19H20ClN7O/c1-12-13(11-23-24-12)10-22-19(28)17-18(15-7-4-5-9-21-15)27(26-25-17)16-8-3-2-6-14(16)20/h2-9,12-13,23-24H,10-11H2,1H3,(H,22,28). The van der Waals surface area contributed by atoms with Gasteiger partial charge >= 0.3 is 0 Å². The van der Waals surface area contributed by atoms with E-state index in [1.54, 1.807) is 16.9 Å². The Morgan fingerprint density at radius 3 is 2.82 bits per heavy atom. The number of hydrogen-bond donors (Lipinski definition) is 3. The molecule has 1 aromatic carbocycles. The van der Waals surface area contributed by atoms with Crippen LogP contribution in [0.15, 0.2) is 48.7 Å². The van der Waals surface area contributed by atoms with Gasteiger partial charge < -0.3 is 5.32 Å². The summed E-state index contributed by atoms with van der Waals surface area (Å²) in [6.45, 7) is 3.39. The zero-order chi connectivity index (χ0) is 19.5. The summed E-state index contributed by atoms with van der Waals surface area (Å²) in [6, 6.07) is 13.0. The summed E-state index contributed by atoms with van der Waals surface area (Å²) in [5.74, 6) is -0.00100. The molecule has 2 unspecified atom stereocenters. The normalized spacial score (nSPS) is 18.9. The first-order chi connectivity index (χ1) is 13.6. The number of para-hydroxylation sites is 1. The van der Waals surface area contributed by atoms with Gasteiger partial charge in [0.25, 0.3) is 5.91 Å². The third-order valence-corrected chi connectivity index (χ3v) is 5.12. The molecule has 3 heterocycles. The molecule has 0 spiro atoms. The largest absolute Gasteiger partial charge is 0.350 e. The molecule has 2 aromatic heterocycles. The van der Waals surface area contributed by atoms with Crippen LogP contribution in [-0.2, 0) is 0 Å². The van der Waals surface area contributed by atoms with Gasteiger partial charge in [-0.25, -0.2) is 4.68 Å². The van der Waals surface area contributed by atoms with Gasteiger partial charge in [0.05, 0.1) is 16.4 Å². The number of halogens is 1. The van der Waals surface area contributed by atoms with Crippen molar-refractivity contribution in [3.05, 3.63) is 59.4 Å². The third-order valence-electron chi connectivity index (χ3n) is 4.80. The lowest BCUT2D eigenvalue weighted by molar-refractivity contribution is 0.0943. The lowest BCUT2D eigenvalue weighted by Gasteiger charge is -2.14. The number of pyridine rings is 1. The van der Waals surface area contributed by atoms with Crippen molar-refractivity contribution in [1.29, 1.82) is 0 Å². The average molecular weight is 398 g/mol. The Bertz CT molecular complexity index is 975. The van der Waals surface area contributed by atoms with E-state index in [9.17, 15) is 4.79 Å². The number of benzene rings is 1. The van der Waals surface area contributed by atoms with Crippen molar-refractivity contribution in [2.24, 2.45) is 5.92 Å². The molecule has 0 saturated carbocycles. The van der Waals surface area contributed by atoms with Crippen LogP contribution < -0.4 is 16.2 Å². The van der Waals surface area contributed by atoms with Crippen LogP contribution in [0.4, 0.5) is 0 Å². The number of rotatable bonds is 5. The van der Waals surface area contributed by atoms with Crippen molar-refractivity contribution in [3.63, 3.8) is 0 Å². The van der Waals surface area contributed by atoms with Crippen LogP contribution in [0.5, 0.6) is 0 Å². The fourth-order valence-electron chi connectivity index (χ4n) is 3.16. The van der Waals surface area contributed by atoms with E-state index in [2.05, 4.69) is 38.4 Å². The zero-order valence-corrected chi connectivity index (χ0v) is 16.0. The maximum atomic E-state index is 12.9. The van der Waals surface area contributed by atoms with Gasteiger partial charge in [0.2, 0.25) is 0 Å². The molecule has 2 atom stereocenters. The Kier molecular flexibility index (Phi) is 5.34. The minimum absolute atomic E-state index is 0.213. The van der Waals surface area contributed by atoms with Crippen molar-refractivity contribution in [1.82, 2.24) is 36.1 Å². The van der Waals surface area contributed by atoms with E-state index in [1.807, 2.05) is 36.4 Å². The summed E-state index contributed by atoms with van der Waals surface area (Å²) >= 11 is 6.35. The first kappa shape index (κ1) is 18.5. The molecule has 1 amide bonds. The summed E-state index contributed by atoms with van der Waals surface area (Å²) < 4.78 is 1.56. The van der Waals surface area contributed by atoms with Gasteiger partial charge in [-0.15, -0.1) is 5.10 Å². The van der Waals surface area contributed by atoms with Gasteiger partial charge in [-0.05, 0) is 31.2 Å². The first-order valence-electron chi connectivity index (χ1n) is 9.03. The molecular weight excluding hydrogens is 378 g/mol. The number of aromatic nitrogens is 4. The molecule has 28 heavy (non-hydrogen) atoms. The number of carbonyl (C=O) groups is 1. The summed E-state index contributed by atoms with van der Waals surface area (Å²) in [7, 11) is 0. The Morgan fingerprint density at radius 2 is 2.11 bits per heavy atom. The molecule has 1 saturated heterocycles. The quantitative estimate of drug-likeness (QED) is 0.607. The van der Waals surface area contributed by atoms with Crippen LogP contribution in [0.25, 0.3) is 17.1 Å². The number of nitrogens with one attached hydrogen (secondary N) is 3. The molecule has 9 heteroatoms. The van der Waals surface area contributed by atoms with Gasteiger partial charge in [-0.3, -0.25) is 20.6 Å². The topological polar surface area (TPSA) is 96.8 Å². The molecule has 8 nitrogen and oxygen atoms in total. The van der Waals surface area contributed by atoms with Gasteiger partial charge in [0.1, 0.15) is 5.69 Å². The van der Waals surface area contributed by atoms with E-state index in [4.69, 9.17) is 11.6 Å². The van der Waals surface area contributed by atoms with E-state index < -0.39 is 0 Å². The summed E-state index contributed by atoms with van der Waals surface area (Å²) in [5.41, 5.74) is 8.18. The van der Waals surface area contributed by atoms with Crippen molar-refractivity contribution in [2.75, 3.05) is 13.1 Å². The van der Waals surface area contributed by atoms with Crippen LogP contribution in [0, 0.1) is 5.92 Å². The number of carbonyl (C=O) groups excluding carboxylic acids is 1. The zero-order valence-electron chi connectivity index (χ0n) is 15.3. The highest BCUT2D eigenvalue weighted by Crippen LogP contribution is 2.27. The molecule has 3 N–H and O–H groups in total. The summed E-state index contributed by atoms with van der Waals surface area (Å²) in [6.07, 6.45) is 1.67. The number of hydrogen-bond acceptors (Lipinski definition) is 6. The fraction of sp³-hybridized carbons (Fsp3) is 0.263. The van der Waals surface area contributed by atoms with Crippen molar-refractivity contribution in [3.8, 4) is 17.1 Å². The molecule has 3 aromatic rings. The van der Waals surface area contributed by atoms with Gasteiger partial charge in [0.15, 0.2) is 5.69 Å². The SMILES string of the molecule is CC1NNCC1CNC(=O)c1nnn(-c2ccccc2Cl)c1-c1ccccn1. The van der Waals surface area contributed by atoms with E-state index >= 15 is 0 Å². The summed E-state index contributed by atoms with van der Waals surface area (Å²) in [4.78, 5) is 17.3. The van der Waals surface area contributed by atoms with E-state index in [1.165, 1.54) is 0 Å². The molecule has 144 valence electrons. The highest BCUT2D eigenvalue weighted by Gasteiger charge is 2.27. The highest BCUT2D eigenvalue weighted by atomic mass is 35.5. The van der Waals surface area contributed by atoms with Crippen molar-refractivity contribution in [2.45, 2.75) is 13.0 Å². The maximum absolute atomic E-state index is 12.9. The molecule has 1 aliphatic heterocycles. The van der Waals surface area contributed by atoms with Gasteiger partial charge in [-0.1, -0.05) is 35.0 Å². The Hall–Kier alpha value is -2.81. The van der Waals surface area contributed by atoms with E-state index in [0.29, 0.717) is 34.6 Å². The monoisotopic (exact) mass is 397 g/mol. The van der Waals surface area contributed by atoms with Crippen LogP contribution in [0.3, 0.4) is 0 Å². The molecular formula is C19H20ClN7O. The summed E-state index contributed by atoms with van der Waals surface area (Å²) in [5, 5.41) is 11.8. The first-order valence-corrected chi connectivity index (χ1v) is 9.41. The van der Waals surface area contributed by atoms with Crippen molar-refractivity contribution >= 4 is 17.5 Å². The molecule has 0 radical (unpaired) electrons. The molecule has 4 rings (SSSR count). The maximum Gasteiger partial charge on any atom is 0.274 e. The molecule has 1 fully saturated rings. The predicted octanol–water partition coefficient (Wildman–Crippen LogP) is 1.83. The predicted molar refractivity (Wildman–Crippen MR) is 106 cm³/mol. The van der Waals surface area contributed by atoms with Crippen LogP contribution in [0.2, 0.25) is 5.02 Å². The van der Waals surface area contributed by atoms with Crippen LogP contribution in [-0.4, -0.2) is 45.0 Å². The second-order valence-electron chi connectivity index (χ2n) is 6.65. The third kappa shape index (κ3) is 3.62. The second kappa shape index (κ2) is 8.05. The van der Waals surface area contributed by atoms with E-state index in [0.717, 1.165) is 6.54 Å². The number of hydrazine groups is 1. The number of amides is 1. The lowest BCUT2D eigenvalue weighted by atomic mass is 10.0. The minimum Gasteiger partial charge on any atom is -0.350 e. The second-order valence-corrected chi connectivity index (χ2v) is 7.06. The van der Waals surface area contributed by atoms with Crippen LogP contribution in [0.1, 0.15) is 17.4 Å². The van der Waals surface area contributed by atoms with Gasteiger partial charge in [0, 0.05) is 31.2 Å². The fourth-order valence-corrected chi connectivity index (χ4v) is 3.38. The van der Waals surface area contributed by atoms with Crippen molar-refractivity contribution < 1.29 is 4.79 Å². The Morgan fingerprint density at radius 1 is 1.29 bits per heavy atom. The van der Waals surface area contributed by atoms with E-state index in [-0.39, 0.29) is 17.6 Å². The Balaban J connectivity index is 1.69. The smallest absolute Gasteiger partial charge is 0.274 e. The van der Waals surface area contributed by atoms with Crippen LogP contribution >= 0.6 is 11.6 Å². The minimum atomic E-state index is -0.293. The molecule has 0 bridgehead atoms. The highest BCUT2D eigenvalue weighted by molar-refractivity contribution is 6.32. The molecule has 0 aliphatic carbocycles. The number of nitrogens with zero attached hydrogens (tertiary/aromatic N) is 4. The Labute approximate surface area is 167 Å².